The van der Waals surface area contributed by atoms with Gasteiger partial charge < -0.3 is 15.4 Å². The van der Waals surface area contributed by atoms with E-state index in [1.807, 2.05) is 0 Å². The summed E-state index contributed by atoms with van der Waals surface area (Å²) in [6, 6.07) is 3.15. The molecule has 3 rings (SSSR count). The largest absolute Gasteiger partial charge is 0.480 e. The zero-order valence-electron chi connectivity index (χ0n) is 12.7. The molecule has 0 saturated heterocycles. The summed E-state index contributed by atoms with van der Waals surface area (Å²) in [7, 11) is 0. The van der Waals surface area contributed by atoms with E-state index >= 15 is 0 Å². The van der Waals surface area contributed by atoms with Crippen LogP contribution in [-0.2, 0) is 11.2 Å². The van der Waals surface area contributed by atoms with Crippen LogP contribution in [0.1, 0.15) is 20.9 Å². The average Bonchev–Trinajstić information content (AvgIpc) is 3.12. The number of amides is 1. The van der Waals surface area contributed by atoms with Gasteiger partial charge in [0.15, 0.2) is 0 Å². The Hall–Kier alpha value is -2.74. The highest BCUT2D eigenvalue weighted by molar-refractivity contribution is 7.11. The number of fused-ring (bicyclic) bond motifs is 1. The minimum atomic E-state index is -1.14. The molecule has 0 radical (unpaired) electrons. The number of carboxylic acids is 1. The number of thiazole rings is 1. The fourth-order valence-corrected chi connectivity index (χ4v) is 3.20. The number of aryl methyl sites for hydroxylation is 1. The summed E-state index contributed by atoms with van der Waals surface area (Å²) in [5.41, 5.74) is 3.37. The maximum absolute atomic E-state index is 13.2. The lowest BCUT2D eigenvalue weighted by Crippen LogP contribution is -2.42. The Kier molecular flexibility index (Phi) is 4.30. The molecule has 1 amide bonds. The van der Waals surface area contributed by atoms with Crippen LogP contribution in [0, 0.1) is 12.7 Å². The monoisotopic (exact) mass is 347 g/mol. The predicted octanol–water partition coefficient (Wildman–Crippen LogP) is 2.50. The Morgan fingerprint density at radius 3 is 2.92 bits per heavy atom. The number of aromatic nitrogens is 2. The van der Waals surface area contributed by atoms with Gasteiger partial charge in [-0.2, -0.15) is 0 Å². The Morgan fingerprint density at radius 1 is 1.46 bits per heavy atom. The van der Waals surface area contributed by atoms with Crippen LogP contribution in [0.2, 0.25) is 0 Å². The second-order valence-corrected chi connectivity index (χ2v) is 6.19. The van der Waals surface area contributed by atoms with Crippen molar-refractivity contribution >= 4 is 34.1 Å². The standard InChI is InChI=1S/C16H14FN3O3S/c1-8-14(24-7-19-8)15(21)20-13(16(22)23)4-9-6-18-12-5-10(17)2-3-11(9)12/h2-3,5-7,13,18H,4H2,1H3,(H,20,21)(H,22,23)/t13-/m0/s1. The molecule has 6 nitrogen and oxygen atoms in total. The van der Waals surface area contributed by atoms with Crippen LogP contribution >= 0.6 is 11.3 Å². The molecule has 1 atom stereocenters. The van der Waals surface area contributed by atoms with E-state index in [0.29, 0.717) is 21.7 Å². The first-order valence-electron chi connectivity index (χ1n) is 7.15. The molecule has 8 heteroatoms. The minimum Gasteiger partial charge on any atom is -0.480 e. The van der Waals surface area contributed by atoms with Crippen LogP contribution in [0.25, 0.3) is 10.9 Å². The number of H-pyrrole nitrogens is 1. The third-order valence-electron chi connectivity index (χ3n) is 3.71. The van der Waals surface area contributed by atoms with Crippen molar-refractivity contribution in [3.8, 4) is 0 Å². The number of aromatic amines is 1. The molecule has 0 aliphatic carbocycles. The normalized spacial score (nSPS) is 12.2. The van der Waals surface area contributed by atoms with E-state index in [4.69, 9.17) is 0 Å². The quantitative estimate of drug-likeness (QED) is 0.661. The lowest BCUT2D eigenvalue weighted by Gasteiger charge is -2.13. The van der Waals surface area contributed by atoms with Gasteiger partial charge in [0, 0.05) is 23.5 Å². The Morgan fingerprint density at radius 2 is 2.25 bits per heavy atom. The zero-order chi connectivity index (χ0) is 17.3. The fourth-order valence-electron chi connectivity index (χ4n) is 2.49. The molecule has 24 heavy (non-hydrogen) atoms. The number of hydrogen-bond donors (Lipinski definition) is 3. The summed E-state index contributed by atoms with van der Waals surface area (Å²) >= 11 is 1.16. The van der Waals surface area contributed by atoms with Gasteiger partial charge in [0.25, 0.3) is 5.91 Å². The lowest BCUT2D eigenvalue weighted by molar-refractivity contribution is -0.139. The molecule has 0 bridgehead atoms. The molecule has 0 aliphatic rings. The van der Waals surface area contributed by atoms with E-state index in [9.17, 15) is 19.1 Å². The molecule has 3 aromatic rings. The molecule has 2 aromatic heterocycles. The van der Waals surface area contributed by atoms with Gasteiger partial charge >= 0.3 is 5.97 Å². The van der Waals surface area contributed by atoms with Crippen molar-refractivity contribution in [3.63, 3.8) is 0 Å². The fraction of sp³-hybridized carbons (Fsp3) is 0.188. The highest BCUT2D eigenvalue weighted by Crippen LogP contribution is 2.21. The van der Waals surface area contributed by atoms with Gasteiger partial charge in [0.05, 0.1) is 11.2 Å². The summed E-state index contributed by atoms with van der Waals surface area (Å²) in [6.07, 6.45) is 1.72. The Bertz CT molecular complexity index is 918. The summed E-state index contributed by atoms with van der Waals surface area (Å²) in [6.45, 7) is 1.69. The van der Waals surface area contributed by atoms with E-state index in [1.165, 1.54) is 17.6 Å². The number of aliphatic carboxylic acids is 1. The number of nitrogens with one attached hydrogen (secondary N) is 2. The molecule has 0 saturated carbocycles. The van der Waals surface area contributed by atoms with Crippen molar-refractivity contribution in [2.24, 2.45) is 0 Å². The number of hydrogen-bond acceptors (Lipinski definition) is 4. The van der Waals surface area contributed by atoms with E-state index in [1.54, 1.807) is 19.2 Å². The first-order valence-corrected chi connectivity index (χ1v) is 8.03. The van der Waals surface area contributed by atoms with Gasteiger partial charge in [-0.05, 0) is 30.7 Å². The number of carbonyl (C=O) groups excluding carboxylic acids is 1. The van der Waals surface area contributed by atoms with Crippen molar-refractivity contribution in [2.75, 3.05) is 0 Å². The molecule has 0 fully saturated rings. The van der Waals surface area contributed by atoms with Crippen molar-refractivity contribution < 1.29 is 19.1 Å². The Balaban J connectivity index is 1.82. The topological polar surface area (TPSA) is 95.1 Å². The first kappa shape index (κ1) is 16.1. The first-order chi connectivity index (χ1) is 11.5. The molecule has 2 heterocycles. The van der Waals surface area contributed by atoms with Crippen LogP contribution in [0.3, 0.4) is 0 Å². The van der Waals surface area contributed by atoms with E-state index < -0.39 is 17.9 Å². The average molecular weight is 347 g/mol. The lowest BCUT2D eigenvalue weighted by atomic mass is 10.0. The summed E-state index contributed by atoms with van der Waals surface area (Å²) in [5.74, 6) is -1.98. The van der Waals surface area contributed by atoms with Crippen molar-refractivity contribution in [1.29, 1.82) is 0 Å². The third kappa shape index (κ3) is 3.13. The van der Waals surface area contributed by atoms with Crippen LogP contribution in [0.5, 0.6) is 0 Å². The minimum absolute atomic E-state index is 0.0879. The maximum atomic E-state index is 13.2. The third-order valence-corrected chi connectivity index (χ3v) is 4.64. The van der Waals surface area contributed by atoms with Gasteiger partial charge in [0.2, 0.25) is 0 Å². The van der Waals surface area contributed by atoms with Gasteiger partial charge in [-0.25, -0.2) is 14.2 Å². The number of carbonyl (C=O) groups is 2. The molecule has 3 N–H and O–H groups in total. The number of halogens is 1. The molecule has 0 spiro atoms. The molecule has 0 unspecified atom stereocenters. The summed E-state index contributed by atoms with van der Waals surface area (Å²) in [4.78, 5) is 31.0. The van der Waals surface area contributed by atoms with Crippen LogP contribution in [-0.4, -0.2) is 33.0 Å². The van der Waals surface area contributed by atoms with Crippen molar-refractivity contribution in [1.82, 2.24) is 15.3 Å². The van der Waals surface area contributed by atoms with E-state index in [-0.39, 0.29) is 12.2 Å². The van der Waals surface area contributed by atoms with Crippen LogP contribution in [0.4, 0.5) is 4.39 Å². The molecule has 1 aromatic carbocycles. The van der Waals surface area contributed by atoms with Gasteiger partial charge in [-0.3, -0.25) is 4.79 Å². The van der Waals surface area contributed by atoms with Gasteiger partial charge in [-0.15, -0.1) is 11.3 Å². The summed E-state index contributed by atoms with van der Waals surface area (Å²) < 4.78 is 13.2. The number of benzene rings is 1. The smallest absolute Gasteiger partial charge is 0.326 e. The van der Waals surface area contributed by atoms with Gasteiger partial charge in [-0.1, -0.05) is 0 Å². The van der Waals surface area contributed by atoms with E-state index in [2.05, 4.69) is 15.3 Å². The molecule has 0 aliphatic heterocycles. The summed E-state index contributed by atoms with van der Waals surface area (Å²) in [5, 5.41) is 12.7. The molecule has 124 valence electrons. The molecular formula is C16H14FN3O3S. The van der Waals surface area contributed by atoms with Crippen molar-refractivity contribution in [3.05, 3.63) is 51.9 Å². The van der Waals surface area contributed by atoms with Gasteiger partial charge in [0.1, 0.15) is 16.7 Å². The number of nitrogens with zero attached hydrogens (tertiary/aromatic N) is 1. The second kappa shape index (κ2) is 6.40. The second-order valence-electron chi connectivity index (χ2n) is 5.34. The van der Waals surface area contributed by atoms with Crippen LogP contribution in [0.15, 0.2) is 29.9 Å². The predicted molar refractivity (Wildman–Crippen MR) is 87.7 cm³/mol. The highest BCUT2D eigenvalue weighted by atomic mass is 32.1. The molecular weight excluding hydrogens is 333 g/mol. The number of rotatable bonds is 5. The maximum Gasteiger partial charge on any atom is 0.326 e. The Labute approximate surface area is 140 Å². The van der Waals surface area contributed by atoms with Crippen molar-refractivity contribution in [2.45, 2.75) is 19.4 Å². The van der Waals surface area contributed by atoms with Crippen LogP contribution < -0.4 is 5.32 Å². The van der Waals surface area contributed by atoms with E-state index in [0.717, 1.165) is 16.7 Å². The highest BCUT2D eigenvalue weighted by Gasteiger charge is 2.24. The zero-order valence-corrected chi connectivity index (χ0v) is 13.5. The SMILES string of the molecule is Cc1ncsc1C(=O)N[C@@H](Cc1c[nH]c2cc(F)ccc12)C(=O)O. The number of carboxylic acid groups (broad SMARTS) is 1.